The third-order valence-corrected chi connectivity index (χ3v) is 3.44. The van der Waals surface area contributed by atoms with Crippen LogP contribution < -0.4 is 0 Å². The lowest BCUT2D eigenvalue weighted by Gasteiger charge is -2.02. The van der Waals surface area contributed by atoms with Crippen molar-refractivity contribution in [2.45, 2.75) is 33.1 Å². The van der Waals surface area contributed by atoms with E-state index in [1.807, 2.05) is 6.92 Å². The second-order valence-corrected chi connectivity index (χ2v) is 4.88. The van der Waals surface area contributed by atoms with Gasteiger partial charge in [0.2, 0.25) is 0 Å². The highest BCUT2D eigenvalue weighted by Gasteiger charge is 2.43. The van der Waals surface area contributed by atoms with E-state index < -0.39 is 0 Å². The lowest BCUT2D eigenvalue weighted by Crippen LogP contribution is -2.07. The van der Waals surface area contributed by atoms with Gasteiger partial charge in [-0.05, 0) is 44.6 Å². The molecule has 0 unspecified atom stereocenters. The second-order valence-electron chi connectivity index (χ2n) is 4.88. The summed E-state index contributed by atoms with van der Waals surface area (Å²) in [5, 5.41) is 0. The Morgan fingerprint density at radius 2 is 2.06 bits per heavy atom. The van der Waals surface area contributed by atoms with Gasteiger partial charge >= 0.3 is 5.97 Å². The highest BCUT2D eigenvalue weighted by Crippen LogP contribution is 2.42. The summed E-state index contributed by atoms with van der Waals surface area (Å²) in [4.78, 5) is 11.4. The summed E-state index contributed by atoms with van der Waals surface area (Å²) >= 11 is 0. The molecule has 2 nitrogen and oxygen atoms in total. The van der Waals surface area contributed by atoms with Gasteiger partial charge in [0.25, 0.3) is 0 Å². The Morgan fingerprint density at radius 1 is 1.35 bits per heavy atom. The van der Waals surface area contributed by atoms with Crippen molar-refractivity contribution >= 4 is 5.97 Å². The van der Waals surface area contributed by atoms with Gasteiger partial charge in [-0.25, -0.2) is 0 Å². The summed E-state index contributed by atoms with van der Waals surface area (Å²) < 4.78 is 5.02. The number of benzene rings is 1. The number of ether oxygens (including phenoxy) is 1. The van der Waals surface area contributed by atoms with E-state index in [4.69, 9.17) is 4.74 Å². The molecule has 0 saturated heterocycles. The third kappa shape index (κ3) is 3.32. The molecule has 2 rings (SSSR count). The number of hydrogen-bond acceptors (Lipinski definition) is 2. The van der Waals surface area contributed by atoms with E-state index in [2.05, 4.69) is 31.2 Å². The fourth-order valence-corrected chi connectivity index (χ4v) is 2.21. The van der Waals surface area contributed by atoms with Crippen LogP contribution in [0.5, 0.6) is 0 Å². The zero-order valence-corrected chi connectivity index (χ0v) is 10.6. The largest absolute Gasteiger partial charge is 0.466 e. The van der Waals surface area contributed by atoms with E-state index in [1.54, 1.807) is 0 Å². The van der Waals surface area contributed by atoms with Gasteiger partial charge in [-0.3, -0.25) is 4.79 Å². The van der Waals surface area contributed by atoms with E-state index in [-0.39, 0.29) is 11.9 Å². The van der Waals surface area contributed by atoms with E-state index >= 15 is 0 Å². The van der Waals surface area contributed by atoms with Gasteiger partial charge in [0.05, 0.1) is 12.5 Å². The van der Waals surface area contributed by atoms with Crippen molar-refractivity contribution < 1.29 is 9.53 Å². The van der Waals surface area contributed by atoms with Crippen molar-refractivity contribution in [3.63, 3.8) is 0 Å². The monoisotopic (exact) mass is 232 g/mol. The molecule has 1 aliphatic carbocycles. The summed E-state index contributed by atoms with van der Waals surface area (Å²) in [6.45, 7) is 4.46. The molecule has 1 aliphatic rings. The van der Waals surface area contributed by atoms with Gasteiger partial charge in [-0.15, -0.1) is 0 Å². The van der Waals surface area contributed by atoms with Crippen molar-refractivity contribution in [2.24, 2.45) is 11.8 Å². The zero-order valence-electron chi connectivity index (χ0n) is 10.6. The van der Waals surface area contributed by atoms with E-state index in [0.717, 1.165) is 19.3 Å². The van der Waals surface area contributed by atoms with Crippen LogP contribution in [0.4, 0.5) is 0 Å². The number of rotatable bonds is 5. The highest BCUT2D eigenvalue weighted by molar-refractivity contribution is 5.75. The molecule has 0 amide bonds. The number of carbonyl (C=O) groups is 1. The molecule has 0 radical (unpaired) electrons. The molecule has 0 heterocycles. The SMILES string of the molecule is CCOC(=O)[C@@H]1C[C@@H]1CCc1ccc(C)cc1. The summed E-state index contributed by atoms with van der Waals surface area (Å²) in [6, 6.07) is 8.64. The molecule has 0 N–H and O–H groups in total. The summed E-state index contributed by atoms with van der Waals surface area (Å²) in [6.07, 6.45) is 3.19. The van der Waals surface area contributed by atoms with Gasteiger partial charge in [-0.1, -0.05) is 29.8 Å². The minimum absolute atomic E-state index is 0.00130. The van der Waals surface area contributed by atoms with Gasteiger partial charge in [0, 0.05) is 0 Å². The first-order chi connectivity index (χ1) is 8.20. The molecular weight excluding hydrogens is 212 g/mol. The second kappa shape index (κ2) is 5.35. The first-order valence-electron chi connectivity index (χ1n) is 6.43. The van der Waals surface area contributed by atoms with Crippen LogP contribution in [-0.2, 0) is 16.0 Å². The normalized spacial score (nSPS) is 22.2. The Labute approximate surface area is 103 Å². The minimum atomic E-state index is 0.00130. The highest BCUT2D eigenvalue weighted by atomic mass is 16.5. The Balaban J connectivity index is 1.74. The van der Waals surface area contributed by atoms with E-state index in [9.17, 15) is 4.79 Å². The molecule has 1 saturated carbocycles. The van der Waals surface area contributed by atoms with Crippen LogP contribution in [0.3, 0.4) is 0 Å². The molecule has 1 aromatic rings. The van der Waals surface area contributed by atoms with Gasteiger partial charge in [-0.2, -0.15) is 0 Å². The molecule has 2 heteroatoms. The maximum atomic E-state index is 11.4. The lowest BCUT2D eigenvalue weighted by atomic mass is 10.1. The van der Waals surface area contributed by atoms with Gasteiger partial charge in [0.1, 0.15) is 0 Å². The van der Waals surface area contributed by atoms with Crippen LogP contribution in [0.25, 0.3) is 0 Å². The molecule has 17 heavy (non-hydrogen) atoms. The lowest BCUT2D eigenvalue weighted by molar-refractivity contribution is -0.145. The van der Waals surface area contributed by atoms with Crippen molar-refractivity contribution in [3.05, 3.63) is 35.4 Å². The molecule has 0 aliphatic heterocycles. The summed E-state index contributed by atoms with van der Waals surface area (Å²) in [5.41, 5.74) is 2.66. The average Bonchev–Trinajstić information content (AvgIpc) is 3.08. The Hall–Kier alpha value is -1.31. The maximum absolute atomic E-state index is 11.4. The molecule has 0 spiro atoms. The number of esters is 1. The quantitative estimate of drug-likeness (QED) is 0.729. The fraction of sp³-hybridized carbons (Fsp3) is 0.533. The average molecular weight is 232 g/mol. The van der Waals surface area contributed by atoms with Crippen LogP contribution in [0.15, 0.2) is 24.3 Å². The van der Waals surface area contributed by atoms with Crippen molar-refractivity contribution in [2.75, 3.05) is 6.61 Å². The molecule has 1 fully saturated rings. The van der Waals surface area contributed by atoms with Crippen LogP contribution in [0, 0.1) is 18.8 Å². The first-order valence-corrected chi connectivity index (χ1v) is 6.43. The van der Waals surface area contributed by atoms with Crippen molar-refractivity contribution in [1.82, 2.24) is 0 Å². The van der Waals surface area contributed by atoms with Crippen LogP contribution in [0.2, 0.25) is 0 Å². The maximum Gasteiger partial charge on any atom is 0.309 e. The molecule has 92 valence electrons. The van der Waals surface area contributed by atoms with Gasteiger partial charge in [0.15, 0.2) is 0 Å². The Bertz CT molecular complexity index is 380. The third-order valence-electron chi connectivity index (χ3n) is 3.44. The first kappa shape index (κ1) is 12.2. The van der Waals surface area contributed by atoms with E-state index in [0.29, 0.717) is 12.5 Å². The smallest absolute Gasteiger partial charge is 0.309 e. The number of carbonyl (C=O) groups excluding carboxylic acids is 1. The topological polar surface area (TPSA) is 26.3 Å². The van der Waals surface area contributed by atoms with Gasteiger partial charge < -0.3 is 4.74 Å². The van der Waals surface area contributed by atoms with E-state index in [1.165, 1.54) is 11.1 Å². The molecule has 2 atom stereocenters. The number of aryl methyl sites for hydroxylation is 2. The van der Waals surface area contributed by atoms with Crippen molar-refractivity contribution in [3.8, 4) is 0 Å². The fourth-order valence-electron chi connectivity index (χ4n) is 2.21. The number of hydrogen-bond donors (Lipinski definition) is 0. The predicted molar refractivity (Wildman–Crippen MR) is 67.7 cm³/mol. The Kier molecular flexibility index (Phi) is 3.82. The summed E-state index contributed by atoms with van der Waals surface area (Å²) in [7, 11) is 0. The van der Waals surface area contributed by atoms with Crippen LogP contribution in [0.1, 0.15) is 30.9 Å². The minimum Gasteiger partial charge on any atom is -0.466 e. The molecule has 1 aromatic carbocycles. The van der Waals surface area contributed by atoms with Crippen LogP contribution in [-0.4, -0.2) is 12.6 Å². The van der Waals surface area contributed by atoms with Crippen LogP contribution >= 0.6 is 0 Å². The Morgan fingerprint density at radius 3 is 2.71 bits per heavy atom. The standard InChI is InChI=1S/C15H20O2/c1-3-17-15(16)14-10-13(14)9-8-12-6-4-11(2)5-7-12/h4-7,13-14H,3,8-10H2,1-2H3/t13-,14+/m0/s1. The molecule has 0 bridgehead atoms. The summed E-state index contributed by atoms with van der Waals surface area (Å²) in [5.74, 6) is 0.733. The van der Waals surface area contributed by atoms with Crippen molar-refractivity contribution in [1.29, 1.82) is 0 Å². The zero-order chi connectivity index (χ0) is 12.3. The predicted octanol–water partition coefficient (Wildman–Crippen LogP) is 3.13. The molecular formula is C15H20O2. The molecule has 0 aromatic heterocycles.